The highest BCUT2D eigenvalue weighted by Crippen LogP contribution is 2.36. The van der Waals surface area contributed by atoms with Crippen molar-refractivity contribution in [3.05, 3.63) is 103 Å². The van der Waals surface area contributed by atoms with Crippen LogP contribution < -0.4 is 4.74 Å². The van der Waals surface area contributed by atoms with Crippen LogP contribution in [0.2, 0.25) is 5.02 Å². The molecule has 0 atom stereocenters. The molecule has 0 spiro atoms. The van der Waals surface area contributed by atoms with Gasteiger partial charge in [0, 0.05) is 5.56 Å². The average molecular weight is 566 g/mol. The Morgan fingerprint density at radius 3 is 2.45 bits per heavy atom. The molecule has 0 aromatic heterocycles. The van der Waals surface area contributed by atoms with Gasteiger partial charge >= 0.3 is 5.97 Å². The fourth-order valence-electron chi connectivity index (χ4n) is 2.88. The number of benzene rings is 3. The number of aliphatic imine (C=N–C) groups is 1. The van der Waals surface area contributed by atoms with Gasteiger partial charge in [-0.3, -0.25) is 0 Å². The molecule has 156 valence electrons. The molecule has 0 unspecified atom stereocenters. The number of rotatable bonds is 5. The first-order valence-corrected chi connectivity index (χ1v) is 11.0. The SMILES string of the molecule is O=C1OC(c2ccccc2Cl)=N/C1=C\c1cc(Br)c(OCc2ccccc2F)c(Br)c1. The smallest absolute Gasteiger partial charge is 0.363 e. The molecule has 1 heterocycles. The van der Waals surface area contributed by atoms with Crippen molar-refractivity contribution in [3.8, 4) is 5.75 Å². The summed E-state index contributed by atoms with van der Waals surface area (Å²) in [7, 11) is 0. The molecule has 4 rings (SSSR count). The summed E-state index contributed by atoms with van der Waals surface area (Å²) in [5.41, 5.74) is 1.82. The van der Waals surface area contributed by atoms with Crippen molar-refractivity contribution in [2.24, 2.45) is 4.99 Å². The summed E-state index contributed by atoms with van der Waals surface area (Å²) in [5, 5.41) is 0.442. The summed E-state index contributed by atoms with van der Waals surface area (Å²) in [4.78, 5) is 16.6. The first kappa shape index (κ1) is 21.7. The monoisotopic (exact) mass is 563 g/mol. The maximum absolute atomic E-state index is 13.8. The lowest BCUT2D eigenvalue weighted by molar-refractivity contribution is -0.129. The van der Waals surface area contributed by atoms with Crippen molar-refractivity contribution >= 4 is 61.4 Å². The van der Waals surface area contributed by atoms with E-state index in [1.807, 2.05) is 0 Å². The van der Waals surface area contributed by atoms with Gasteiger partial charge in [0.1, 0.15) is 18.2 Å². The summed E-state index contributed by atoms with van der Waals surface area (Å²) in [6.45, 7) is 0.0716. The van der Waals surface area contributed by atoms with Crippen molar-refractivity contribution in [1.29, 1.82) is 0 Å². The lowest BCUT2D eigenvalue weighted by Crippen LogP contribution is -2.05. The fourth-order valence-corrected chi connectivity index (χ4v) is 4.55. The van der Waals surface area contributed by atoms with Crippen molar-refractivity contribution in [2.75, 3.05) is 0 Å². The van der Waals surface area contributed by atoms with Gasteiger partial charge in [0.15, 0.2) is 5.70 Å². The number of esters is 1. The summed E-state index contributed by atoms with van der Waals surface area (Å²) >= 11 is 13.1. The highest BCUT2D eigenvalue weighted by atomic mass is 79.9. The first-order chi connectivity index (χ1) is 14.9. The second kappa shape index (κ2) is 9.34. The Kier molecular flexibility index (Phi) is 6.55. The minimum atomic E-state index is -0.568. The van der Waals surface area contributed by atoms with Gasteiger partial charge in [-0.05, 0) is 73.8 Å². The molecule has 3 aromatic rings. The van der Waals surface area contributed by atoms with Crippen LogP contribution in [0.5, 0.6) is 5.75 Å². The minimum Gasteiger partial charge on any atom is -0.486 e. The lowest BCUT2D eigenvalue weighted by atomic mass is 10.2. The van der Waals surface area contributed by atoms with Gasteiger partial charge in [-0.15, -0.1) is 0 Å². The molecular formula is C23H13Br2ClFNO3. The predicted octanol–water partition coefficient (Wildman–Crippen LogP) is 6.93. The van der Waals surface area contributed by atoms with E-state index in [0.717, 1.165) is 0 Å². The number of nitrogens with zero attached hydrogens (tertiary/aromatic N) is 1. The molecule has 0 aliphatic carbocycles. The Morgan fingerprint density at radius 2 is 1.74 bits per heavy atom. The largest absolute Gasteiger partial charge is 0.486 e. The molecule has 4 nitrogen and oxygen atoms in total. The summed E-state index contributed by atoms with van der Waals surface area (Å²) < 4.78 is 26.1. The number of halogens is 4. The van der Waals surface area contributed by atoms with E-state index in [2.05, 4.69) is 36.9 Å². The molecule has 1 aliphatic rings. The third-order valence-corrected chi connectivity index (χ3v) is 5.89. The lowest BCUT2D eigenvalue weighted by Gasteiger charge is -2.12. The fraction of sp³-hybridized carbons (Fsp3) is 0.0435. The van der Waals surface area contributed by atoms with E-state index < -0.39 is 5.97 Å². The van der Waals surface area contributed by atoms with Crippen LogP contribution in [0.1, 0.15) is 16.7 Å². The van der Waals surface area contributed by atoms with E-state index in [9.17, 15) is 9.18 Å². The van der Waals surface area contributed by atoms with Crippen LogP contribution in [-0.2, 0) is 16.1 Å². The minimum absolute atomic E-state index is 0.0716. The Hall–Kier alpha value is -2.48. The second-order valence-corrected chi connectivity index (χ2v) is 8.63. The summed E-state index contributed by atoms with van der Waals surface area (Å²) in [5.74, 6) is -0.227. The zero-order valence-electron chi connectivity index (χ0n) is 15.7. The van der Waals surface area contributed by atoms with Crippen LogP contribution >= 0.6 is 43.5 Å². The zero-order valence-corrected chi connectivity index (χ0v) is 19.7. The van der Waals surface area contributed by atoms with Crippen molar-refractivity contribution in [1.82, 2.24) is 0 Å². The van der Waals surface area contributed by atoms with Crippen LogP contribution in [0.15, 0.2) is 80.3 Å². The van der Waals surface area contributed by atoms with Crippen molar-refractivity contribution < 1.29 is 18.7 Å². The highest BCUT2D eigenvalue weighted by molar-refractivity contribution is 9.11. The third kappa shape index (κ3) is 4.89. The Bertz CT molecular complexity index is 1220. The molecule has 0 saturated carbocycles. The van der Waals surface area contributed by atoms with Gasteiger partial charge in [-0.1, -0.05) is 41.9 Å². The van der Waals surface area contributed by atoms with E-state index in [1.165, 1.54) is 6.07 Å². The molecule has 1 aliphatic heterocycles. The Labute approximate surface area is 199 Å². The van der Waals surface area contributed by atoms with E-state index in [0.29, 0.717) is 36.4 Å². The highest BCUT2D eigenvalue weighted by Gasteiger charge is 2.25. The van der Waals surface area contributed by atoms with Gasteiger partial charge < -0.3 is 9.47 Å². The molecule has 0 amide bonds. The Morgan fingerprint density at radius 1 is 1.06 bits per heavy atom. The zero-order chi connectivity index (χ0) is 22.0. The van der Waals surface area contributed by atoms with Crippen LogP contribution in [0.4, 0.5) is 4.39 Å². The van der Waals surface area contributed by atoms with Crippen LogP contribution in [0.25, 0.3) is 6.08 Å². The summed E-state index contributed by atoms with van der Waals surface area (Å²) in [6, 6.07) is 17.0. The Balaban J connectivity index is 1.58. The predicted molar refractivity (Wildman–Crippen MR) is 125 cm³/mol. The molecule has 8 heteroatoms. The molecule has 3 aromatic carbocycles. The van der Waals surface area contributed by atoms with Gasteiger partial charge in [0.05, 0.1) is 19.5 Å². The quantitative estimate of drug-likeness (QED) is 0.249. The second-order valence-electron chi connectivity index (χ2n) is 6.51. The third-order valence-electron chi connectivity index (χ3n) is 4.38. The number of cyclic esters (lactones) is 1. The number of hydrogen-bond acceptors (Lipinski definition) is 4. The normalized spacial score (nSPS) is 14.5. The molecule has 0 bridgehead atoms. The molecule has 0 radical (unpaired) electrons. The summed E-state index contributed by atoms with van der Waals surface area (Å²) in [6.07, 6.45) is 1.60. The molecule has 31 heavy (non-hydrogen) atoms. The number of carbonyl (C=O) groups excluding carboxylic acids is 1. The van der Waals surface area contributed by atoms with Crippen LogP contribution in [-0.4, -0.2) is 11.9 Å². The number of carbonyl (C=O) groups is 1. The molecule has 0 fully saturated rings. The number of ether oxygens (including phenoxy) is 2. The maximum atomic E-state index is 13.8. The molecule has 0 saturated heterocycles. The van der Waals surface area contributed by atoms with Crippen molar-refractivity contribution in [3.63, 3.8) is 0 Å². The molecule has 0 N–H and O–H groups in total. The number of hydrogen-bond donors (Lipinski definition) is 0. The molecular weight excluding hydrogens is 553 g/mol. The standard InChI is InChI=1S/C23H13Br2ClFNO3/c24-16-9-13(10-17(25)21(16)30-12-14-5-1-4-8-19(14)27)11-20-23(29)31-22(28-20)15-6-2-3-7-18(15)26/h1-11H,12H2/b20-11-. The average Bonchev–Trinajstić information content (AvgIpc) is 3.09. The van der Waals surface area contributed by atoms with Gasteiger partial charge in [0.2, 0.25) is 5.90 Å². The first-order valence-electron chi connectivity index (χ1n) is 9.05. The topological polar surface area (TPSA) is 47.9 Å². The van der Waals surface area contributed by atoms with E-state index in [1.54, 1.807) is 60.7 Å². The van der Waals surface area contributed by atoms with Gasteiger partial charge in [-0.2, -0.15) is 0 Å². The van der Waals surface area contributed by atoms with Gasteiger partial charge in [0.25, 0.3) is 0 Å². The van der Waals surface area contributed by atoms with E-state index >= 15 is 0 Å². The van der Waals surface area contributed by atoms with E-state index in [4.69, 9.17) is 21.1 Å². The van der Waals surface area contributed by atoms with Crippen molar-refractivity contribution in [2.45, 2.75) is 6.61 Å². The van der Waals surface area contributed by atoms with Gasteiger partial charge in [-0.25, -0.2) is 14.2 Å². The maximum Gasteiger partial charge on any atom is 0.363 e. The van der Waals surface area contributed by atoms with E-state index in [-0.39, 0.29) is 24.0 Å². The van der Waals surface area contributed by atoms with Crippen LogP contribution in [0.3, 0.4) is 0 Å². The van der Waals surface area contributed by atoms with Crippen LogP contribution in [0, 0.1) is 5.82 Å².